The maximum Gasteiger partial charge on any atom is 0.416 e. The summed E-state index contributed by atoms with van der Waals surface area (Å²) in [6.45, 7) is 3.17. The number of epoxide rings is 1. The van der Waals surface area contributed by atoms with Crippen LogP contribution in [-0.4, -0.2) is 54.0 Å². The van der Waals surface area contributed by atoms with Crippen molar-refractivity contribution in [2.75, 3.05) is 6.61 Å². The monoisotopic (exact) mass is 625 g/mol. The first-order valence-corrected chi connectivity index (χ1v) is 14.3. The van der Waals surface area contributed by atoms with E-state index in [1.165, 1.54) is 19.1 Å². The molecule has 1 saturated heterocycles. The summed E-state index contributed by atoms with van der Waals surface area (Å²) in [6.07, 6.45) is -5.46. The van der Waals surface area contributed by atoms with Crippen molar-refractivity contribution in [1.82, 2.24) is 16.0 Å². The molecule has 0 spiro atoms. The van der Waals surface area contributed by atoms with Crippen molar-refractivity contribution in [3.8, 4) is 0 Å². The highest BCUT2D eigenvalue weighted by Gasteiger charge is 2.50. The maximum atomic E-state index is 13.7. The molecule has 3 N–H and O–H groups in total. The Morgan fingerprint density at radius 1 is 0.778 bits per heavy atom. The lowest BCUT2D eigenvalue weighted by atomic mass is 9.94. The zero-order chi connectivity index (χ0) is 32.6. The third-order valence-corrected chi connectivity index (χ3v) is 7.31. The van der Waals surface area contributed by atoms with Crippen LogP contribution in [0.1, 0.15) is 36.1 Å². The van der Waals surface area contributed by atoms with Crippen LogP contribution in [0, 0.1) is 0 Å². The van der Waals surface area contributed by atoms with Crippen LogP contribution in [0.2, 0.25) is 0 Å². The summed E-state index contributed by atoms with van der Waals surface area (Å²) in [5.41, 5.74) is -0.0833. The van der Waals surface area contributed by atoms with Gasteiger partial charge >= 0.3 is 12.3 Å². The van der Waals surface area contributed by atoms with Crippen molar-refractivity contribution >= 4 is 23.7 Å². The summed E-state index contributed by atoms with van der Waals surface area (Å²) in [6, 6.07) is 18.6. The van der Waals surface area contributed by atoms with Crippen LogP contribution < -0.4 is 16.0 Å². The molecule has 3 aromatic carbocycles. The molecule has 3 aromatic rings. The molecule has 0 aromatic heterocycles. The van der Waals surface area contributed by atoms with Crippen LogP contribution in [0.5, 0.6) is 0 Å². The van der Waals surface area contributed by atoms with Gasteiger partial charge in [0.05, 0.1) is 18.2 Å². The molecule has 0 aliphatic carbocycles. The second kappa shape index (κ2) is 14.4. The van der Waals surface area contributed by atoms with Crippen LogP contribution in [0.4, 0.5) is 18.0 Å². The normalized spacial score (nSPS) is 17.7. The third kappa shape index (κ3) is 9.64. The number of carbonyl (C=O) groups excluding carboxylic acids is 4. The minimum atomic E-state index is -4.55. The molecule has 0 unspecified atom stereocenters. The molecule has 4 atom stereocenters. The number of ketones is 1. The Morgan fingerprint density at radius 2 is 1.29 bits per heavy atom. The van der Waals surface area contributed by atoms with E-state index < -0.39 is 53.4 Å². The lowest BCUT2D eigenvalue weighted by Crippen LogP contribution is -2.57. The van der Waals surface area contributed by atoms with E-state index in [0.717, 1.165) is 23.3 Å². The average Bonchev–Trinajstić information content (AvgIpc) is 3.78. The van der Waals surface area contributed by atoms with Gasteiger partial charge in [-0.2, -0.15) is 13.2 Å². The first-order valence-electron chi connectivity index (χ1n) is 14.3. The van der Waals surface area contributed by atoms with Crippen molar-refractivity contribution in [2.45, 2.75) is 63.2 Å². The highest BCUT2D eigenvalue weighted by Crippen LogP contribution is 2.30. The number of alkyl carbamates (subject to hydrolysis) is 1. The Kier molecular flexibility index (Phi) is 10.6. The van der Waals surface area contributed by atoms with E-state index in [1.807, 2.05) is 12.1 Å². The van der Waals surface area contributed by atoms with Gasteiger partial charge in [-0.1, -0.05) is 72.8 Å². The van der Waals surface area contributed by atoms with Gasteiger partial charge in [-0.05, 0) is 49.1 Å². The van der Waals surface area contributed by atoms with Gasteiger partial charge in [0.2, 0.25) is 11.8 Å². The number of halogens is 3. The molecule has 12 heteroatoms. The predicted octanol–water partition coefficient (Wildman–Crippen LogP) is 4.13. The number of amides is 3. The highest BCUT2D eigenvalue weighted by atomic mass is 19.4. The van der Waals surface area contributed by atoms with Crippen LogP contribution in [0.3, 0.4) is 0 Å². The summed E-state index contributed by atoms with van der Waals surface area (Å²) in [4.78, 5) is 52.4. The fourth-order valence-electron chi connectivity index (χ4n) is 4.53. The number of benzene rings is 3. The summed E-state index contributed by atoms with van der Waals surface area (Å²) in [7, 11) is 0. The smallest absolute Gasteiger partial charge is 0.416 e. The van der Waals surface area contributed by atoms with E-state index in [2.05, 4.69) is 16.0 Å². The van der Waals surface area contributed by atoms with E-state index in [1.54, 1.807) is 55.5 Å². The van der Waals surface area contributed by atoms with Crippen molar-refractivity contribution in [1.29, 1.82) is 0 Å². The number of carbonyl (C=O) groups is 4. The molecule has 238 valence electrons. The second-order valence-corrected chi connectivity index (χ2v) is 11.0. The Labute approximate surface area is 258 Å². The summed E-state index contributed by atoms with van der Waals surface area (Å²) in [5, 5.41) is 7.68. The average molecular weight is 626 g/mol. The molecule has 3 amide bonds. The minimum Gasteiger partial charge on any atom is -0.445 e. The first kappa shape index (κ1) is 33.2. The van der Waals surface area contributed by atoms with E-state index in [-0.39, 0.29) is 31.8 Å². The van der Waals surface area contributed by atoms with Crippen LogP contribution in [0.15, 0.2) is 84.9 Å². The van der Waals surface area contributed by atoms with Crippen molar-refractivity contribution in [3.05, 3.63) is 107 Å². The number of alkyl halides is 3. The molecule has 1 heterocycles. The standard InChI is InChI=1S/C33H34F3N3O6/c1-21(37-31(43)44-19-24-11-7-4-8-12-24)29(41)39-27(18-23-13-15-25(16-14-23)33(34,35)36)30(42)38-26(28(40)32(2)20-45-32)17-22-9-5-3-6-10-22/h3-16,21,26-27H,17-20H2,1-2H3,(H,37,43)(H,38,42)(H,39,41)/t21-,26+,27+,32+/m1/s1. The Bertz CT molecular complexity index is 1480. The van der Waals surface area contributed by atoms with Gasteiger partial charge in [-0.3, -0.25) is 14.4 Å². The molecule has 1 aliphatic rings. The summed E-state index contributed by atoms with van der Waals surface area (Å²) in [5.74, 6) is -1.83. The fraction of sp³-hybridized carbons (Fsp3) is 0.333. The third-order valence-electron chi connectivity index (χ3n) is 7.31. The van der Waals surface area contributed by atoms with Gasteiger partial charge in [-0.25, -0.2) is 4.79 Å². The largest absolute Gasteiger partial charge is 0.445 e. The molecule has 0 bridgehead atoms. The van der Waals surface area contributed by atoms with Crippen LogP contribution in [0.25, 0.3) is 0 Å². The molecule has 1 aliphatic heterocycles. The SMILES string of the molecule is C[C@@H](NC(=O)OCc1ccccc1)C(=O)N[C@@H](Cc1ccc(C(F)(F)F)cc1)C(=O)N[C@@H](Cc1ccccc1)C(=O)[C@]1(C)CO1. The molecule has 9 nitrogen and oxygen atoms in total. The van der Waals surface area contributed by atoms with Crippen molar-refractivity contribution in [3.63, 3.8) is 0 Å². The number of rotatable bonds is 13. The molecular weight excluding hydrogens is 591 g/mol. The van der Waals surface area contributed by atoms with Gasteiger partial charge in [0, 0.05) is 6.42 Å². The lowest BCUT2D eigenvalue weighted by molar-refractivity contribution is -0.137. The van der Waals surface area contributed by atoms with Gasteiger partial charge in [0.1, 0.15) is 24.3 Å². The highest BCUT2D eigenvalue weighted by molar-refractivity contribution is 5.98. The zero-order valence-electron chi connectivity index (χ0n) is 24.7. The van der Waals surface area contributed by atoms with E-state index in [9.17, 15) is 32.3 Å². The maximum absolute atomic E-state index is 13.7. The minimum absolute atomic E-state index is 0.0283. The molecular formula is C33H34F3N3O6. The molecule has 4 rings (SSSR count). The van der Waals surface area contributed by atoms with Crippen molar-refractivity contribution < 1.29 is 41.8 Å². The molecule has 0 radical (unpaired) electrons. The number of hydrogen-bond donors (Lipinski definition) is 3. The van der Waals surface area contributed by atoms with Crippen LogP contribution in [-0.2, 0) is 49.5 Å². The molecule has 1 fully saturated rings. The van der Waals surface area contributed by atoms with Gasteiger partial charge in [-0.15, -0.1) is 0 Å². The van der Waals surface area contributed by atoms with Gasteiger partial charge in [0.15, 0.2) is 5.78 Å². The fourth-order valence-corrected chi connectivity index (χ4v) is 4.53. The molecule has 0 saturated carbocycles. The summed E-state index contributed by atoms with van der Waals surface area (Å²) < 4.78 is 49.8. The first-order chi connectivity index (χ1) is 21.3. The van der Waals surface area contributed by atoms with E-state index in [0.29, 0.717) is 5.56 Å². The Hall–Kier alpha value is -4.71. The zero-order valence-corrected chi connectivity index (χ0v) is 24.7. The van der Waals surface area contributed by atoms with Gasteiger partial charge < -0.3 is 25.4 Å². The van der Waals surface area contributed by atoms with Crippen molar-refractivity contribution in [2.24, 2.45) is 0 Å². The van der Waals surface area contributed by atoms with Crippen LogP contribution >= 0.6 is 0 Å². The Morgan fingerprint density at radius 3 is 1.84 bits per heavy atom. The Balaban J connectivity index is 1.48. The van der Waals surface area contributed by atoms with E-state index >= 15 is 0 Å². The number of hydrogen-bond acceptors (Lipinski definition) is 6. The number of nitrogens with one attached hydrogen (secondary N) is 3. The topological polar surface area (TPSA) is 126 Å². The second-order valence-electron chi connectivity index (χ2n) is 11.0. The predicted molar refractivity (Wildman–Crippen MR) is 158 cm³/mol. The number of ether oxygens (including phenoxy) is 2. The lowest BCUT2D eigenvalue weighted by Gasteiger charge is -2.25. The summed E-state index contributed by atoms with van der Waals surface area (Å²) >= 11 is 0. The molecule has 45 heavy (non-hydrogen) atoms. The van der Waals surface area contributed by atoms with E-state index in [4.69, 9.17) is 9.47 Å². The number of Topliss-reactive ketones (excluding diaryl/α,β-unsaturated/α-hetero) is 1. The van der Waals surface area contributed by atoms with Gasteiger partial charge in [0.25, 0.3) is 0 Å². The quantitative estimate of drug-likeness (QED) is 0.245.